The van der Waals surface area contributed by atoms with Crippen LogP contribution in [0.1, 0.15) is 123 Å². The first kappa shape index (κ1) is 52.8. The van der Waals surface area contributed by atoms with Crippen LogP contribution >= 0.6 is 0 Å². The highest BCUT2D eigenvalue weighted by Gasteiger charge is 2.50. The molecule has 0 aromatic rings. The van der Waals surface area contributed by atoms with Gasteiger partial charge in [0.1, 0.15) is 48.8 Å². The van der Waals surface area contributed by atoms with E-state index in [1.165, 1.54) is 6.42 Å². The molecular formula is C45H77NO13. The minimum Gasteiger partial charge on any atom is -0.394 e. The van der Waals surface area contributed by atoms with E-state index in [2.05, 4.69) is 67.8 Å². The van der Waals surface area contributed by atoms with Gasteiger partial charge in [-0.3, -0.25) is 4.79 Å². The van der Waals surface area contributed by atoms with Crippen molar-refractivity contribution in [2.75, 3.05) is 19.8 Å². The number of aliphatic hydroxyl groups is 8. The van der Waals surface area contributed by atoms with E-state index >= 15 is 0 Å². The fraction of sp³-hybridized carbons (Fsp3) is 0.756. The van der Waals surface area contributed by atoms with Crippen LogP contribution in [0.5, 0.6) is 0 Å². The number of rotatable bonds is 31. The zero-order valence-electron chi connectivity index (χ0n) is 35.5. The lowest BCUT2D eigenvalue weighted by atomic mass is 9.97. The Bertz CT molecular complexity index is 1220. The van der Waals surface area contributed by atoms with Crippen molar-refractivity contribution in [3.05, 3.63) is 60.8 Å². The highest BCUT2D eigenvalue weighted by atomic mass is 16.7. The van der Waals surface area contributed by atoms with Crippen molar-refractivity contribution in [2.24, 2.45) is 0 Å². The van der Waals surface area contributed by atoms with Gasteiger partial charge in [0.05, 0.1) is 32.0 Å². The molecule has 12 unspecified atom stereocenters. The molecule has 14 heteroatoms. The lowest BCUT2D eigenvalue weighted by Gasteiger charge is -2.46. The third kappa shape index (κ3) is 20.9. The molecule has 2 rings (SSSR count). The third-order valence-electron chi connectivity index (χ3n) is 10.4. The van der Waals surface area contributed by atoms with Crippen LogP contribution in [-0.4, -0.2) is 140 Å². The van der Waals surface area contributed by atoms with Crippen LogP contribution in [0.4, 0.5) is 0 Å². The van der Waals surface area contributed by atoms with Gasteiger partial charge in [0, 0.05) is 6.42 Å². The molecule has 59 heavy (non-hydrogen) atoms. The zero-order valence-corrected chi connectivity index (χ0v) is 35.5. The van der Waals surface area contributed by atoms with Crippen molar-refractivity contribution in [1.29, 1.82) is 0 Å². The molecule has 0 aromatic heterocycles. The number of allylic oxidation sites excluding steroid dienone is 9. The number of hydrogen-bond donors (Lipinski definition) is 9. The molecule has 12 atom stereocenters. The Morgan fingerprint density at radius 1 is 0.627 bits per heavy atom. The molecule has 0 aromatic carbocycles. The van der Waals surface area contributed by atoms with Crippen molar-refractivity contribution < 1.29 is 64.6 Å². The van der Waals surface area contributed by atoms with Crippen LogP contribution in [0.15, 0.2) is 60.8 Å². The van der Waals surface area contributed by atoms with E-state index in [0.29, 0.717) is 12.8 Å². The predicted molar refractivity (Wildman–Crippen MR) is 226 cm³/mol. The zero-order chi connectivity index (χ0) is 43.3. The third-order valence-corrected chi connectivity index (χ3v) is 10.4. The maximum absolute atomic E-state index is 13.1. The maximum Gasteiger partial charge on any atom is 0.220 e. The summed E-state index contributed by atoms with van der Waals surface area (Å²) in [6.45, 7) is 2.52. The van der Waals surface area contributed by atoms with Crippen molar-refractivity contribution in [3.63, 3.8) is 0 Å². The molecule has 2 heterocycles. The Labute approximate surface area is 352 Å². The highest BCUT2D eigenvalue weighted by molar-refractivity contribution is 5.76. The molecule has 0 bridgehead atoms. The standard InChI is InChI=1S/C45H77NO13/c1-3-5-7-9-11-13-14-15-16-17-18-19-20-21-23-25-27-29-37(50)46-33(34(49)28-26-24-22-12-10-8-6-4-2)32-56-44-42(55)40(53)43(36(31-48)58-44)59-45-41(54)39(52)38(51)35(30-47)57-45/h5,7,10-13,15-16,26,28,33-36,38-45,47-49,51-55H,3-4,6,8-9,14,17-25,27,29-32H2,1-2H3,(H,46,50)/b7-5-,12-10+,13-11-,16-15-,28-26+. The average molecular weight is 840 g/mol. The van der Waals surface area contributed by atoms with Gasteiger partial charge in [0.15, 0.2) is 12.6 Å². The SMILES string of the molecule is CC/C=C\C/C=C\C/C=C\CCCCCCCCCC(=O)NC(COC1OC(CO)C(OC2OC(CO)C(O)C(O)C2O)C(O)C1O)C(O)/C=C/CC/C=C/CCCC. The Morgan fingerprint density at radius 3 is 1.86 bits per heavy atom. The molecule has 0 radical (unpaired) electrons. The van der Waals surface area contributed by atoms with Crippen molar-refractivity contribution in [2.45, 2.75) is 197 Å². The minimum absolute atomic E-state index is 0.258. The molecule has 2 aliphatic rings. The second-order valence-electron chi connectivity index (χ2n) is 15.4. The molecule has 1 amide bonds. The lowest BCUT2D eigenvalue weighted by Crippen LogP contribution is -2.65. The van der Waals surface area contributed by atoms with E-state index in [1.807, 2.05) is 6.08 Å². The number of carbonyl (C=O) groups excluding carboxylic acids is 1. The molecule has 0 aliphatic carbocycles. The van der Waals surface area contributed by atoms with Gasteiger partial charge in [0.25, 0.3) is 0 Å². The van der Waals surface area contributed by atoms with Gasteiger partial charge in [-0.1, -0.05) is 120 Å². The second kappa shape index (κ2) is 32.4. The van der Waals surface area contributed by atoms with E-state index in [9.17, 15) is 45.6 Å². The van der Waals surface area contributed by atoms with Crippen LogP contribution in [0.2, 0.25) is 0 Å². The van der Waals surface area contributed by atoms with Crippen LogP contribution in [0, 0.1) is 0 Å². The number of hydrogen-bond acceptors (Lipinski definition) is 13. The van der Waals surface area contributed by atoms with Crippen molar-refractivity contribution in [3.8, 4) is 0 Å². The molecule has 340 valence electrons. The van der Waals surface area contributed by atoms with Gasteiger partial charge < -0.3 is 65.1 Å². The van der Waals surface area contributed by atoms with E-state index < -0.39 is 86.8 Å². The molecule has 14 nitrogen and oxygen atoms in total. The van der Waals surface area contributed by atoms with Crippen molar-refractivity contribution >= 4 is 5.91 Å². The molecule has 9 N–H and O–H groups in total. The van der Waals surface area contributed by atoms with E-state index in [0.717, 1.165) is 83.5 Å². The summed E-state index contributed by atoms with van der Waals surface area (Å²) in [5.74, 6) is -0.268. The molecule has 2 aliphatic heterocycles. The Kier molecular flexibility index (Phi) is 29.0. The van der Waals surface area contributed by atoms with Gasteiger partial charge >= 0.3 is 0 Å². The number of nitrogens with one attached hydrogen (secondary N) is 1. The summed E-state index contributed by atoms with van der Waals surface area (Å²) in [4.78, 5) is 13.1. The fourth-order valence-corrected chi connectivity index (χ4v) is 6.77. The normalized spacial score (nSPS) is 29.1. The molecule has 2 fully saturated rings. The number of ether oxygens (including phenoxy) is 4. The maximum atomic E-state index is 13.1. The van der Waals surface area contributed by atoms with Crippen LogP contribution in [0.3, 0.4) is 0 Å². The van der Waals surface area contributed by atoms with Gasteiger partial charge in [-0.05, 0) is 57.8 Å². The average Bonchev–Trinajstić information content (AvgIpc) is 3.23. The largest absolute Gasteiger partial charge is 0.394 e. The number of carbonyl (C=O) groups is 1. The smallest absolute Gasteiger partial charge is 0.220 e. The van der Waals surface area contributed by atoms with E-state index in [-0.39, 0.29) is 18.9 Å². The quantitative estimate of drug-likeness (QED) is 0.0357. The summed E-state index contributed by atoms with van der Waals surface area (Å²) < 4.78 is 22.5. The minimum atomic E-state index is -1.79. The number of unbranched alkanes of at least 4 members (excludes halogenated alkanes) is 10. The molecule has 2 saturated heterocycles. The van der Waals surface area contributed by atoms with E-state index in [1.54, 1.807) is 6.08 Å². The van der Waals surface area contributed by atoms with Crippen LogP contribution < -0.4 is 5.32 Å². The van der Waals surface area contributed by atoms with Gasteiger partial charge in [-0.25, -0.2) is 0 Å². The molecular weight excluding hydrogens is 762 g/mol. The Morgan fingerprint density at radius 2 is 1.19 bits per heavy atom. The van der Waals surface area contributed by atoms with Crippen LogP contribution in [0.25, 0.3) is 0 Å². The fourth-order valence-electron chi connectivity index (χ4n) is 6.77. The van der Waals surface area contributed by atoms with E-state index in [4.69, 9.17) is 18.9 Å². The highest BCUT2D eigenvalue weighted by Crippen LogP contribution is 2.29. The number of aliphatic hydroxyl groups excluding tert-OH is 8. The summed E-state index contributed by atoms with van der Waals surface area (Å²) in [6, 6.07) is -0.935. The summed E-state index contributed by atoms with van der Waals surface area (Å²) in [5.41, 5.74) is 0. The first-order valence-electron chi connectivity index (χ1n) is 22.0. The van der Waals surface area contributed by atoms with Crippen LogP contribution in [-0.2, 0) is 23.7 Å². The van der Waals surface area contributed by atoms with Crippen molar-refractivity contribution in [1.82, 2.24) is 5.32 Å². The van der Waals surface area contributed by atoms with Gasteiger partial charge in [-0.15, -0.1) is 0 Å². The topological polar surface area (TPSA) is 228 Å². The summed E-state index contributed by atoms with van der Waals surface area (Å²) in [5, 5.41) is 86.2. The summed E-state index contributed by atoms with van der Waals surface area (Å²) in [7, 11) is 0. The first-order chi connectivity index (χ1) is 28.6. The monoisotopic (exact) mass is 840 g/mol. The summed E-state index contributed by atoms with van der Waals surface area (Å²) >= 11 is 0. The first-order valence-corrected chi connectivity index (χ1v) is 22.0. The number of amides is 1. The predicted octanol–water partition coefficient (Wildman–Crippen LogP) is 3.93. The summed E-state index contributed by atoms with van der Waals surface area (Å²) in [6.07, 6.45) is 20.1. The van der Waals surface area contributed by atoms with Gasteiger partial charge in [-0.2, -0.15) is 0 Å². The Hall–Kier alpha value is -2.31. The van der Waals surface area contributed by atoms with Gasteiger partial charge in [0.2, 0.25) is 5.91 Å². The molecule has 0 spiro atoms. The Balaban J connectivity index is 1.87. The second-order valence-corrected chi connectivity index (χ2v) is 15.4. The molecule has 0 saturated carbocycles. The lowest BCUT2D eigenvalue weighted by molar-refractivity contribution is -0.359.